The maximum atomic E-state index is 11.8. The Bertz CT molecular complexity index is 391. The number of carbonyl (C=O) groups excluding carboxylic acids is 1. The van der Waals surface area contributed by atoms with Gasteiger partial charge in [0.2, 0.25) is 0 Å². The molecule has 0 aromatic heterocycles. The van der Waals surface area contributed by atoms with Gasteiger partial charge in [-0.15, -0.1) is 0 Å². The number of rotatable bonds is 3. The molecule has 1 aliphatic heterocycles. The zero-order chi connectivity index (χ0) is 11.4. The SMILES string of the molecule is CCONC(=O)c1cccc2c1CCCN2. The van der Waals surface area contributed by atoms with Gasteiger partial charge in [-0.25, -0.2) is 5.48 Å². The van der Waals surface area contributed by atoms with Gasteiger partial charge in [-0.2, -0.15) is 0 Å². The number of benzene rings is 1. The summed E-state index contributed by atoms with van der Waals surface area (Å²) in [6.07, 6.45) is 2.00. The summed E-state index contributed by atoms with van der Waals surface area (Å²) in [6.45, 7) is 3.28. The fourth-order valence-electron chi connectivity index (χ4n) is 1.92. The molecule has 16 heavy (non-hydrogen) atoms. The van der Waals surface area contributed by atoms with Crippen molar-refractivity contribution in [1.29, 1.82) is 0 Å². The molecule has 4 heteroatoms. The first-order valence-corrected chi connectivity index (χ1v) is 5.61. The van der Waals surface area contributed by atoms with Crippen LogP contribution in [0, 0.1) is 0 Å². The molecule has 0 bridgehead atoms. The second-order valence-electron chi connectivity index (χ2n) is 3.73. The molecule has 0 fully saturated rings. The van der Waals surface area contributed by atoms with Crippen molar-refractivity contribution in [3.63, 3.8) is 0 Å². The van der Waals surface area contributed by atoms with E-state index < -0.39 is 0 Å². The normalized spacial score (nSPS) is 13.8. The van der Waals surface area contributed by atoms with Crippen LogP contribution in [0.15, 0.2) is 18.2 Å². The molecule has 4 nitrogen and oxygen atoms in total. The topological polar surface area (TPSA) is 50.4 Å². The molecule has 2 rings (SSSR count). The van der Waals surface area contributed by atoms with Crippen molar-refractivity contribution in [3.8, 4) is 0 Å². The van der Waals surface area contributed by atoms with Gasteiger partial charge in [-0.3, -0.25) is 9.63 Å². The fraction of sp³-hybridized carbons (Fsp3) is 0.417. The molecule has 0 aliphatic carbocycles. The maximum absolute atomic E-state index is 11.8. The Morgan fingerprint density at radius 1 is 1.56 bits per heavy atom. The summed E-state index contributed by atoms with van der Waals surface area (Å²) < 4.78 is 0. The molecule has 0 radical (unpaired) electrons. The third kappa shape index (κ3) is 2.17. The zero-order valence-corrected chi connectivity index (χ0v) is 9.38. The minimum absolute atomic E-state index is 0.164. The average molecular weight is 220 g/mol. The van der Waals surface area contributed by atoms with Gasteiger partial charge in [-0.05, 0) is 37.5 Å². The number of hydrogen-bond donors (Lipinski definition) is 2. The highest BCUT2D eigenvalue weighted by molar-refractivity contribution is 5.96. The monoisotopic (exact) mass is 220 g/mol. The van der Waals surface area contributed by atoms with E-state index in [9.17, 15) is 4.79 Å². The summed E-state index contributed by atoms with van der Waals surface area (Å²) in [5.74, 6) is -0.164. The number of carbonyl (C=O) groups is 1. The molecular weight excluding hydrogens is 204 g/mol. The Morgan fingerprint density at radius 3 is 3.25 bits per heavy atom. The van der Waals surface area contributed by atoms with E-state index >= 15 is 0 Å². The molecule has 1 amide bonds. The lowest BCUT2D eigenvalue weighted by Crippen LogP contribution is -2.26. The minimum Gasteiger partial charge on any atom is -0.385 e. The van der Waals surface area contributed by atoms with Crippen LogP contribution in [0.3, 0.4) is 0 Å². The zero-order valence-electron chi connectivity index (χ0n) is 9.38. The first kappa shape index (κ1) is 11.0. The Labute approximate surface area is 94.9 Å². The Balaban J connectivity index is 2.23. The van der Waals surface area contributed by atoms with Crippen LogP contribution >= 0.6 is 0 Å². The van der Waals surface area contributed by atoms with E-state index in [2.05, 4.69) is 10.8 Å². The molecule has 0 saturated carbocycles. The van der Waals surface area contributed by atoms with E-state index in [1.807, 2.05) is 25.1 Å². The largest absolute Gasteiger partial charge is 0.385 e. The fourth-order valence-corrected chi connectivity index (χ4v) is 1.92. The lowest BCUT2D eigenvalue weighted by atomic mass is 9.97. The number of hydrogen-bond acceptors (Lipinski definition) is 3. The highest BCUT2D eigenvalue weighted by Gasteiger charge is 2.16. The molecular formula is C12H16N2O2. The molecule has 86 valence electrons. The highest BCUT2D eigenvalue weighted by Crippen LogP contribution is 2.25. The first-order chi connectivity index (χ1) is 7.83. The van der Waals surface area contributed by atoms with Gasteiger partial charge in [0.1, 0.15) is 0 Å². The van der Waals surface area contributed by atoms with Crippen LogP contribution in [-0.2, 0) is 11.3 Å². The van der Waals surface area contributed by atoms with Crippen molar-refractivity contribution in [2.45, 2.75) is 19.8 Å². The van der Waals surface area contributed by atoms with Crippen LogP contribution in [-0.4, -0.2) is 19.1 Å². The van der Waals surface area contributed by atoms with E-state index in [0.717, 1.165) is 30.6 Å². The highest BCUT2D eigenvalue weighted by atomic mass is 16.6. The summed E-state index contributed by atoms with van der Waals surface area (Å²) in [7, 11) is 0. The third-order valence-corrected chi connectivity index (χ3v) is 2.65. The number of amides is 1. The van der Waals surface area contributed by atoms with E-state index in [1.54, 1.807) is 0 Å². The second kappa shape index (κ2) is 4.99. The van der Waals surface area contributed by atoms with Crippen LogP contribution in [0.5, 0.6) is 0 Å². The van der Waals surface area contributed by atoms with Crippen LogP contribution in [0.4, 0.5) is 5.69 Å². The molecule has 1 aromatic carbocycles. The lowest BCUT2D eigenvalue weighted by molar-refractivity contribution is 0.0363. The smallest absolute Gasteiger partial charge is 0.275 e. The quantitative estimate of drug-likeness (QED) is 0.763. The average Bonchev–Trinajstić information content (AvgIpc) is 2.35. The summed E-state index contributed by atoms with van der Waals surface area (Å²) >= 11 is 0. The second-order valence-corrected chi connectivity index (χ2v) is 3.73. The lowest BCUT2D eigenvalue weighted by Gasteiger charge is -2.20. The van der Waals surface area contributed by atoms with Gasteiger partial charge in [0, 0.05) is 17.8 Å². The Kier molecular flexibility index (Phi) is 3.41. The van der Waals surface area contributed by atoms with Crippen molar-refractivity contribution >= 4 is 11.6 Å². The number of anilines is 1. The van der Waals surface area contributed by atoms with Gasteiger partial charge in [-0.1, -0.05) is 6.07 Å². The summed E-state index contributed by atoms with van der Waals surface area (Å²) in [6, 6.07) is 5.73. The van der Waals surface area contributed by atoms with Crippen LogP contribution in [0.1, 0.15) is 29.3 Å². The van der Waals surface area contributed by atoms with Crippen molar-refractivity contribution in [1.82, 2.24) is 5.48 Å². The van der Waals surface area contributed by atoms with Gasteiger partial charge < -0.3 is 5.32 Å². The van der Waals surface area contributed by atoms with Gasteiger partial charge in [0.15, 0.2) is 0 Å². The predicted octanol–water partition coefficient (Wildman–Crippen LogP) is 1.73. The molecule has 0 unspecified atom stereocenters. The van der Waals surface area contributed by atoms with Crippen LogP contribution < -0.4 is 10.8 Å². The van der Waals surface area contributed by atoms with Crippen LogP contribution in [0.25, 0.3) is 0 Å². The molecule has 0 spiro atoms. The van der Waals surface area contributed by atoms with Gasteiger partial charge >= 0.3 is 0 Å². The molecule has 1 aromatic rings. The number of fused-ring (bicyclic) bond motifs is 1. The van der Waals surface area contributed by atoms with Gasteiger partial charge in [0.05, 0.1) is 6.61 Å². The first-order valence-electron chi connectivity index (χ1n) is 5.61. The predicted molar refractivity (Wildman–Crippen MR) is 62.3 cm³/mol. The maximum Gasteiger partial charge on any atom is 0.275 e. The Morgan fingerprint density at radius 2 is 2.44 bits per heavy atom. The standard InChI is InChI=1S/C12H16N2O2/c1-2-16-14-12(15)10-5-3-7-11-9(10)6-4-8-13-11/h3,5,7,13H,2,4,6,8H2,1H3,(H,14,15). The van der Waals surface area contributed by atoms with Gasteiger partial charge in [0.25, 0.3) is 5.91 Å². The molecule has 2 N–H and O–H groups in total. The number of nitrogens with one attached hydrogen (secondary N) is 2. The van der Waals surface area contributed by atoms with E-state index in [0.29, 0.717) is 12.2 Å². The summed E-state index contributed by atoms with van der Waals surface area (Å²) in [4.78, 5) is 16.7. The van der Waals surface area contributed by atoms with E-state index in [1.165, 1.54) is 0 Å². The van der Waals surface area contributed by atoms with E-state index in [-0.39, 0.29) is 5.91 Å². The molecule has 0 saturated heterocycles. The molecule has 1 aliphatic rings. The molecule has 0 atom stereocenters. The molecule has 1 heterocycles. The Hall–Kier alpha value is -1.55. The summed E-state index contributed by atoms with van der Waals surface area (Å²) in [5, 5.41) is 3.29. The van der Waals surface area contributed by atoms with Crippen LogP contribution in [0.2, 0.25) is 0 Å². The third-order valence-electron chi connectivity index (χ3n) is 2.65. The van der Waals surface area contributed by atoms with Crippen molar-refractivity contribution in [2.75, 3.05) is 18.5 Å². The van der Waals surface area contributed by atoms with E-state index in [4.69, 9.17) is 4.84 Å². The summed E-state index contributed by atoms with van der Waals surface area (Å²) in [5.41, 5.74) is 5.29. The van der Waals surface area contributed by atoms with Crippen molar-refractivity contribution < 1.29 is 9.63 Å². The number of hydroxylamine groups is 1. The van der Waals surface area contributed by atoms with Crippen molar-refractivity contribution in [3.05, 3.63) is 29.3 Å². The minimum atomic E-state index is -0.164. The van der Waals surface area contributed by atoms with Crippen molar-refractivity contribution in [2.24, 2.45) is 0 Å².